The molecule has 0 fully saturated rings. The highest BCUT2D eigenvalue weighted by Gasteiger charge is 2.28. The summed E-state index contributed by atoms with van der Waals surface area (Å²) in [6, 6.07) is 5.69. The van der Waals surface area contributed by atoms with Crippen molar-refractivity contribution in [3.63, 3.8) is 0 Å². The second-order valence-electron chi connectivity index (χ2n) is 4.19. The van der Waals surface area contributed by atoms with Crippen molar-refractivity contribution in [2.45, 2.75) is 12.5 Å². The summed E-state index contributed by atoms with van der Waals surface area (Å²) in [5.74, 6) is -1.95. The molecule has 1 atom stereocenters. The molecule has 1 unspecified atom stereocenters. The average molecular weight is 252 g/mol. The van der Waals surface area contributed by atoms with Gasteiger partial charge in [0.2, 0.25) is 0 Å². The lowest BCUT2D eigenvalue weighted by molar-refractivity contribution is 0.506. The van der Waals surface area contributed by atoms with Crippen molar-refractivity contribution < 1.29 is 13.2 Å². The van der Waals surface area contributed by atoms with Crippen LogP contribution in [0.4, 0.5) is 13.2 Å². The highest BCUT2D eigenvalue weighted by atomic mass is 19.1. The van der Waals surface area contributed by atoms with E-state index in [0.717, 1.165) is 18.3 Å². The van der Waals surface area contributed by atoms with Gasteiger partial charge < -0.3 is 5.73 Å². The molecule has 0 saturated heterocycles. The van der Waals surface area contributed by atoms with Gasteiger partial charge in [-0.2, -0.15) is 0 Å². The van der Waals surface area contributed by atoms with E-state index in [-0.39, 0.29) is 5.56 Å². The van der Waals surface area contributed by atoms with Crippen LogP contribution in [0.15, 0.2) is 36.5 Å². The molecule has 0 aliphatic heterocycles. The van der Waals surface area contributed by atoms with Crippen molar-refractivity contribution in [2.75, 3.05) is 0 Å². The minimum absolute atomic E-state index is 0.100. The first kappa shape index (κ1) is 12.6. The van der Waals surface area contributed by atoms with E-state index >= 15 is 0 Å². The van der Waals surface area contributed by atoms with E-state index in [1.165, 1.54) is 25.1 Å². The first-order valence-corrected chi connectivity index (χ1v) is 5.27. The van der Waals surface area contributed by atoms with E-state index in [2.05, 4.69) is 4.98 Å². The van der Waals surface area contributed by atoms with Crippen molar-refractivity contribution in [3.05, 3.63) is 65.2 Å². The third kappa shape index (κ3) is 2.22. The highest BCUT2D eigenvalue weighted by Crippen LogP contribution is 2.27. The summed E-state index contributed by atoms with van der Waals surface area (Å²) in [5, 5.41) is 0. The van der Waals surface area contributed by atoms with E-state index in [4.69, 9.17) is 5.73 Å². The fourth-order valence-corrected chi connectivity index (χ4v) is 1.73. The Hall–Kier alpha value is -1.88. The third-order valence-corrected chi connectivity index (χ3v) is 2.75. The topological polar surface area (TPSA) is 38.9 Å². The van der Waals surface area contributed by atoms with Crippen molar-refractivity contribution in [1.82, 2.24) is 4.98 Å². The molecule has 0 spiro atoms. The second-order valence-corrected chi connectivity index (χ2v) is 4.19. The first-order chi connectivity index (χ1) is 8.41. The van der Waals surface area contributed by atoms with Crippen molar-refractivity contribution in [3.8, 4) is 0 Å². The van der Waals surface area contributed by atoms with Crippen LogP contribution in [0.25, 0.3) is 0 Å². The van der Waals surface area contributed by atoms with Gasteiger partial charge in [0.05, 0.1) is 17.4 Å². The number of benzene rings is 1. The van der Waals surface area contributed by atoms with Crippen molar-refractivity contribution in [1.29, 1.82) is 0 Å². The van der Waals surface area contributed by atoms with E-state index in [1.54, 1.807) is 0 Å². The predicted molar refractivity (Wildman–Crippen MR) is 61.2 cm³/mol. The van der Waals surface area contributed by atoms with Gasteiger partial charge in [0, 0.05) is 11.6 Å². The van der Waals surface area contributed by atoms with Crippen LogP contribution in [-0.2, 0) is 5.54 Å². The smallest absolute Gasteiger partial charge is 0.141 e. The van der Waals surface area contributed by atoms with Crippen LogP contribution in [0.3, 0.4) is 0 Å². The van der Waals surface area contributed by atoms with Gasteiger partial charge in [-0.05, 0) is 25.1 Å². The molecule has 2 nitrogen and oxygen atoms in total. The second kappa shape index (κ2) is 4.42. The van der Waals surface area contributed by atoms with Gasteiger partial charge in [-0.25, -0.2) is 13.2 Å². The van der Waals surface area contributed by atoms with E-state index in [0.29, 0.717) is 5.69 Å². The molecule has 0 saturated carbocycles. The molecule has 2 aromatic rings. The minimum atomic E-state index is -1.26. The van der Waals surface area contributed by atoms with Gasteiger partial charge >= 0.3 is 0 Å². The third-order valence-electron chi connectivity index (χ3n) is 2.75. The van der Waals surface area contributed by atoms with Crippen LogP contribution in [0, 0.1) is 17.5 Å². The molecular formula is C13H11F3N2. The van der Waals surface area contributed by atoms with E-state index in [9.17, 15) is 13.2 Å². The Morgan fingerprint density at radius 3 is 2.28 bits per heavy atom. The maximum absolute atomic E-state index is 13.7. The summed E-state index contributed by atoms with van der Waals surface area (Å²) in [5.41, 5.74) is 5.15. The molecule has 0 amide bonds. The molecule has 0 aliphatic rings. The lowest BCUT2D eigenvalue weighted by Crippen LogP contribution is -2.36. The van der Waals surface area contributed by atoms with Gasteiger partial charge in [-0.15, -0.1) is 0 Å². The predicted octanol–water partition coefficient (Wildman–Crippen LogP) is 2.72. The average Bonchev–Trinajstić information content (AvgIpc) is 2.29. The number of rotatable bonds is 2. The molecule has 2 rings (SSSR count). The number of aromatic nitrogens is 1. The zero-order chi connectivity index (χ0) is 13.3. The van der Waals surface area contributed by atoms with Crippen LogP contribution >= 0.6 is 0 Å². The Morgan fingerprint density at radius 1 is 1.06 bits per heavy atom. The normalized spacial score (nSPS) is 14.3. The lowest BCUT2D eigenvalue weighted by Gasteiger charge is -2.25. The molecule has 1 aromatic carbocycles. The Labute approximate surface area is 102 Å². The lowest BCUT2D eigenvalue weighted by atomic mass is 9.89. The number of hydrogen-bond acceptors (Lipinski definition) is 2. The molecule has 2 N–H and O–H groups in total. The fraction of sp³-hybridized carbons (Fsp3) is 0.154. The molecule has 0 radical (unpaired) electrons. The van der Waals surface area contributed by atoms with Gasteiger partial charge in [-0.1, -0.05) is 6.07 Å². The number of pyridine rings is 1. The zero-order valence-electron chi connectivity index (χ0n) is 9.62. The molecule has 5 heteroatoms. The molecule has 94 valence electrons. The number of halogens is 3. The fourth-order valence-electron chi connectivity index (χ4n) is 1.73. The van der Waals surface area contributed by atoms with Crippen LogP contribution in [0.5, 0.6) is 0 Å². The van der Waals surface area contributed by atoms with Gasteiger partial charge in [0.25, 0.3) is 0 Å². The summed E-state index contributed by atoms with van der Waals surface area (Å²) < 4.78 is 39.3. The standard InChI is InChI=1S/C13H11F3N2/c1-13(17,12-5-3-9(15)7-18-12)10-4-2-8(14)6-11(10)16/h2-7H,17H2,1H3. The number of nitrogens with two attached hydrogens (primary N) is 1. The van der Waals surface area contributed by atoms with Gasteiger partial charge in [-0.3, -0.25) is 4.98 Å². The van der Waals surface area contributed by atoms with E-state index in [1.807, 2.05) is 0 Å². The summed E-state index contributed by atoms with van der Waals surface area (Å²) in [7, 11) is 0. The summed E-state index contributed by atoms with van der Waals surface area (Å²) >= 11 is 0. The minimum Gasteiger partial charge on any atom is -0.317 e. The Kier molecular flexibility index (Phi) is 3.09. The highest BCUT2D eigenvalue weighted by molar-refractivity contribution is 5.34. The maximum Gasteiger partial charge on any atom is 0.141 e. The first-order valence-electron chi connectivity index (χ1n) is 5.27. The molecule has 0 aliphatic carbocycles. The van der Waals surface area contributed by atoms with Crippen LogP contribution in [0.1, 0.15) is 18.2 Å². The summed E-state index contributed by atoms with van der Waals surface area (Å²) in [4.78, 5) is 3.83. The Bertz CT molecular complexity index is 565. The van der Waals surface area contributed by atoms with E-state index < -0.39 is 23.0 Å². The maximum atomic E-state index is 13.7. The van der Waals surface area contributed by atoms with Crippen molar-refractivity contribution in [2.24, 2.45) is 5.73 Å². The summed E-state index contributed by atoms with van der Waals surface area (Å²) in [6.07, 6.45) is 1.00. The Morgan fingerprint density at radius 2 is 1.72 bits per heavy atom. The number of nitrogens with zero attached hydrogens (tertiary/aromatic N) is 1. The van der Waals surface area contributed by atoms with Crippen molar-refractivity contribution >= 4 is 0 Å². The van der Waals surface area contributed by atoms with Gasteiger partial charge in [0.15, 0.2) is 0 Å². The van der Waals surface area contributed by atoms with Crippen LogP contribution in [0.2, 0.25) is 0 Å². The Balaban J connectivity index is 2.50. The quantitative estimate of drug-likeness (QED) is 0.892. The van der Waals surface area contributed by atoms with Gasteiger partial charge in [0.1, 0.15) is 17.5 Å². The largest absolute Gasteiger partial charge is 0.317 e. The molecule has 0 bridgehead atoms. The monoisotopic (exact) mass is 252 g/mol. The zero-order valence-corrected chi connectivity index (χ0v) is 9.62. The van der Waals surface area contributed by atoms with Crippen LogP contribution in [-0.4, -0.2) is 4.98 Å². The molecule has 1 heterocycles. The molecule has 1 aromatic heterocycles. The van der Waals surface area contributed by atoms with Crippen LogP contribution < -0.4 is 5.73 Å². The summed E-state index contributed by atoms with van der Waals surface area (Å²) in [6.45, 7) is 1.53. The molecular weight excluding hydrogens is 241 g/mol. The SMILES string of the molecule is CC(N)(c1ccc(F)cn1)c1ccc(F)cc1F. The molecule has 18 heavy (non-hydrogen) atoms. The number of hydrogen-bond donors (Lipinski definition) is 1.